The molecule has 0 radical (unpaired) electrons. The number of hydrogen-bond donors (Lipinski definition) is 3. The molecule has 1 heterocycles. The van der Waals surface area contributed by atoms with Crippen molar-refractivity contribution in [1.29, 1.82) is 0 Å². The third-order valence-electron chi connectivity index (χ3n) is 3.99. The summed E-state index contributed by atoms with van der Waals surface area (Å²) in [5.74, 6) is 5.57. The minimum absolute atomic E-state index is 0.234. The fourth-order valence-corrected chi connectivity index (χ4v) is 2.64. The predicted octanol–water partition coefficient (Wildman–Crippen LogP) is 3.12. The van der Waals surface area contributed by atoms with E-state index in [1.165, 1.54) is 17.6 Å². The van der Waals surface area contributed by atoms with E-state index in [0.29, 0.717) is 6.42 Å². The minimum atomic E-state index is -0.713. The lowest BCUT2D eigenvalue weighted by molar-refractivity contribution is 0.0857. The number of urea groups is 1. The maximum Gasteiger partial charge on any atom is 0.339 e. The lowest BCUT2D eigenvalue weighted by Crippen LogP contribution is -2.38. The van der Waals surface area contributed by atoms with Gasteiger partial charge in [-0.2, -0.15) is 0 Å². The van der Waals surface area contributed by atoms with Crippen LogP contribution in [0.25, 0.3) is 0 Å². The van der Waals surface area contributed by atoms with E-state index in [-0.39, 0.29) is 11.9 Å². The fraction of sp³-hybridized carbons (Fsp3) is 0.200. The molecule has 2 aromatic carbocycles. The van der Waals surface area contributed by atoms with Crippen LogP contribution >= 0.6 is 0 Å². The van der Waals surface area contributed by atoms with Crippen molar-refractivity contribution in [2.75, 3.05) is 0 Å². The van der Waals surface area contributed by atoms with Gasteiger partial charge < -0.3 is 10.2 Å². The highest BCUT2D eigenvalue weighted by molar-refractivity contribution is 6.01. The van der Waals surface area contributed by atoms with Gasteiger partial charge in [0.15, 0.2) is 6.10 Å². The second-order valence-electron chi connectivity index (χ2n) is 6.04. The third-order valence-corrected chi connectivity index (χ3v) is 3.99. The molecule has 1 aliphatic heterocycles. The standard InChI is InChI=1S/C20H18FN3O3/c1-13(22-20(25)23-26)5-6-14-3-2-4-16(11-14)19-12-18(24-27-19)15-7-9-17(21)10-8-15/h2-4,7-11,13,19,26H,12H2,1H3,(H2,22,23,25). The molecular formula is C20H18FN3O3. The molecule has 7 heteroatoms. The highest BCUT2D eigenvalue weighted by Gasteiger charge is 2.24. The molecule has 0 fully saturated rings. The summed E-state index contributed by atoms with van der Waals surface area (Å²) >= 11 is 0. The first kappa shape index (κ1) is 18.4. The molecule has 3 N–H and O–H groups in total. The Labute approximate surface area is 156 Å². The second-order valence-corrected chi connectivity index (χ2v) is 6.04. The Morgan fingerprint density at radius 2 is 2.11 bits per heavy atom. The van der Waals surface area contributed by atoms with E-state index in [1.54, 1.807) is 19.1 Å². The Bertz CT molecular complexity index is 916. The Kier molecular flexibility index (Phi) is 5.69. The number of nitrogens with zero attached hydrogens (tertiary/aromatic N) is 1. The topological polar surface area (TPSA) is 83.0 Å². The predicted molar refractivity (Wildman–Crippen MR) is 97.6 cm³/mol. The molecule has 2 aromatic rings. The molecule has 0 aromatic heterocycles. The molecule has 0 aliphatic carbocycles. The van der Waals surface area contributed by atoms with Gasteiger partial charge in [0.2, 0.25) is 0 Å². The molecule has 2 atom stereocenters. The van der Waals surface area contributed by atoms with Crippen LogP contribution in [0.2, 0.25) is 0 Å². The highest BCUT2D eigenvalue weighted by atomic mass is 19.1. The van der Waals surface area contributed by atoms with Crippen LogP contribution in [0.5, 0.6) is 0 Å². The van der Waals surface area contributed by atoms with E-state index in [0.717, 1.165) is 22.4 Å². The number of carbonyl (C=O) groups excluding carboxylic acids is 1. The number of amides is 2. The van der Waals surface area contributed by atoms with E-state index < -0.39 is 12.1 Å². The summed E-state index contributed by atoms with van der Waals surface area (Å²) in [7, 11) is 0. The normalized spacial score (nSPS) is 16.4. The van der Waals surface area contributed by atoms with Crippen LogP contribution in [0.3, 0.4) is 0 Å². The third kappa shape index (κ3) is 4.84. The molecule has 0 saturated heterocycles. The molecule has 138 valence electrons. The Hall–Kier alpha value is -3.37. The molecule has 0 saturated carbocycles. The van der Waals surface area contributed by atoms with E-state index in [4.69, 9.17) is 10.0 Å². The largest absolute Gasteiger partial charge is 0.387 e. The average molecular weight is 367 g/mol. The monoisotopic (exact) mass is 367 g/mol. The Morgan fingerprint density at radius 3 is 2.85 bits per heavy atom. The van der Waals surface area contributed by atoms with Crippen molar-refractivity contribution >= 4 is 11.7 Å². The summed E-state index contributed by atoms with van der Waals surface area (Å²) in [5, 5.41) is 15.1. The van der Waals surface area contributed by atoms with Crippen LogP contribution in [0.15, 0.2) is 53.7 Å². The fourth-order valence-electron chi connectivity index (χ4n) is 2.64. The summed E-state index contributed by atoms with van der Waals surface area (Å²) in [4.78, 5) is 16.6. The van der Waals surface area contributed by atoms with Gasteiger partial charge in [-0.15, -0.1) is 0 Å². The summed E-state index contributed by atoms with van der Waals surface area (Å²) in [5.41, 5.74) is 4.79. The zero-order chi connectivity index (χ0) is 19.2. The molecule has 3 rings (SSSR count). The van der Waals surface area contributed by atoms with E-state index in [1.807, 2.05) is 24.3 Å². The number of hydrogen-bond acceptors (Lipinski definition) is 4. The minimum Gasteiger partial charge on any atom is -0.387 e. The number of rotatable bonds is 3. The van der Waals surface area contributed by atoms with Gasteiger partial charge in [-0.3, -0.25) is 5.21 Å². The van der Waals surface area contributed by atoms with Gasteiger partial charge >= 0.3 is 6.03 Å². The molecule has 0 bridgehead atoms. The maximum absolute atomic E-state index is 13.1. The molecule has 1 aliphatic rings. The van der Waals surface area contributed by atoms with E-state index in [2.05, 4.69) is 22.3 Å². The summed E-state index contributed by atoms with van der Waals surface area (Å²) in [6.07, 6.45) is 0.347. The number of carbonyl (C=O) groups is 1. The average Bonchev–Trinajstić information content (AvgIpc) is 3.17. The quantitative estimate of drug-likeness (QED) is 0.443. The Morgan fingerprint density at radius 1 is 1.33 bits per heavy atom. The van der Waals surface area contributed by atoms with Crippen LogP contribution in [0.4, 0.5) is 9.18 Å². The van der Waals surface area contributed by atoms with Gasteiger partial charge in [0.1, 0.15) is 5.82 Å². The first-order chi connectivity index (χ1) is 13.0. The van der Waals surface area contributed by atoms with Gasteiger partial charge in [-0.25, -0.2) is 14.7 Å². The van der Waals surface area contributed by atoms with Crippen LogP contribution in [0, 0.1) is 17.7 Å². The first-order valence-corrected chi connectivity index (χ1v) is 8.36. The lowest BCUT2D eigenvalue weighted by Gasteiger charge is -2.09. The molecule has 0 spiro atoms. The molecule has 6 nitrogen and oxygen atoms in total. The van der Waals surface area contributed by atoms with Crippen molar-refractivity contribution in [3.8, 4) is 11.8 Å². The van der Waals surface area contributed by atoms with Crippen molar-refractivity contribution in [2.24, 2.45) is 5.16 Å². The van der Waals surface area contributed by atoms with Gasteiger partial charge in [0, 0.05) is 12.0 Å². The van der Waals surface area contributed by atoms with Crippen molar-refractivity contribution in [3.63, 3.8) is 0 Å². The smallest absolute Gasteiger partial charge is 0.339 e. The molecular weight excluding hydrogens is 349 g/mol. The SMILES string of the molecule is CC(C#Cc1cccc(C2CC(c3ccc(F)cc3)=NO2)c1)NC(=O)NO. The Balaban J connectivity index is 1.67. The highest BCUT2D eigenvalue weighted by Crippen LogP contribution is 2.29. The van der Waals surface area contributed by atoms with Crippen molar-refractivity contribution < 1.29 is 19.2 Å². The molecule has 27 heavy (non-hydrogen) atoms. The van der Waals surface area contributed by atoms with E-state index >= 15 is 0 Å². The molecule has 2 amide bonds. The number of halogens is 1. The van der Waals surface area contributed by atoms with E-state index in [9.17, 15) is 9.18 Å². The number of nitrogens with one attached hydrogen (secondary N) is 2. The zero-order valence-corrected chi connectivity index (χ0v) is 14.6. The second kappa shape index (κ2) is 8.34. The number of oxime groups is 1. The number of benzene rings is 2. The van der Waals surface area contributed by atoms with Crippen LogP contribution in [-0.4, -0.2) is 23.0 Å². The number of hydroxylamine groups is 1. The first-order valence-electron chi connectivity index (χ1n) is 8.36. The summed E-state index contributed by atoms with van der Waals surface area (Å²) in [6, 6.07) is 12.6. The van der Waals surface area contributed by atoms with Crippen LogP contribution in [-0.2, 0) is 4.84 Å². The zero-order valence-electron chi connectivity index (χ0n) is 14.6. The summed E-state index contributed by atoms with van der Waals surface area (Å²) in [6.45, 7) is 1.70. The summed E-state index contributed by atoms with van der Waals surface area (Å²) < 4.78 is 13.1. The van der Waals surface area contributed by atoms with Crippen molar-refractivity contribution in [1.82, 2.24) is 10.8 Å². The van der Waals surface area contributed by atoms with Gasteiger partial charge in [-0.05, 0) is 42.3 Å². The van der Waals surface area contributed by atoms with Crippen LogP contribution < -0.4 is 10.8 Å². The van der Waals surface area contributed by atoms with Crippen molar-refractivity contribution in [2.45, 2.75) is 25.5 Å². The molecule has 2 unspecified atom stereocenters. The van der Waals surface area contributed by atoms with Gasteiger partial charge in [-0.1, -0.05) is 41.3 Å². The van der Waals surface area contributed by atoms with Gasteiger partial charge in [0.25, 0.3) is 0 Å². The van der Waals surface area contributed by atoms with Crippen LogP contribution in [0.1, 0.15) is 36.1 Å². The van der Waals surface area contributed by atoms with Crippen molar-refractivity contribution in [3.05, 3.63) is 71.0 Å². The maximum atomic E-state index is 13.1. The lowest BCUT2D eigenvalue weighted by atomic mass is 9.99. The van der Waals surface area contributed by atoms with Gasteiger partial charge in [0.05, 0.1) is 11.8 Å².